The zero-order valence-corrected chi connectivity index (χ0v) is 10.9. The van der Waals surface area contributed by atoms with Gasteiger partial charge < -0.3 is 19.9 Å². The molecule has 0 aromatic heterocycles. The van der Waals surface area contributed by atoms with Crippen molar-refractivity contribution < 1.29 is 19.4 Å². The Hall–Kier alpha value is -1.75. The van der Waals surface area contributed by atoms with Crippen molar-refractivity contribution in [3.05, 3.63) is 23.8 Å². The van der Waals surface area contributed by atoms with Gasteiger partial charge in [0.15, 0.2) is 6.61 Å². The van der Waals surface area contributed by atoms with Gasteiger partial charge in [0.1, 0.15) is 11.5 Å². The van der Waals surface area contributed by atoms with Gasteiger partial charge in [-0.15, -0.1) is 0 Å². The summed E-state index contributed by atoms with van der Waals surface area (Å²) in [6.45, 7) is 3.95. The molecule has 0 bridgehead atoms. The van der Waals surface area contributed by atoms with Crippen LogP contribution >= 0.6 is 0 Å². The second-order valence-corrected chi connectivity index (χ2v) is 3.82. The molecule has 1 aromatic rings. The molecule has 0 unspecified atom stereocenters. The number of carbonyl (C=O) groups excluding carboxylic acids is 1. The fourth-order valence-electron chi connectivity index (χ4n) is 1.50. The number of aliphatic hydroxyl groups is 1. The minimum atomic E-state index is -0.667. The van der Waals surface area contributed by atoms with Crippen LogP contribution in [0.25, 0.3) is 0 Å². The molecule has 0 aliphatic heterocycles. The van der Waals surface area contributed by atoms with Crippen LogP contribution in [0, 0.1) is 0 Å². The van der Waals surface area contributed by atoms with Crippen LogP contribution in [0.15, 0.2) is 18.2 Å². The number of aliphatic hydroxyl groups excluding tert-OH is 1. The van der Waals surface area contributed by atoms with Gasteiger partial charge in [-0.1, -0.05) is 0 Å². The van der Waals surface area contributed by atoms with E-state index in [1.807, 2.05) is 6.92 Å². The van der Waals surface area contributed by atoms with E-state index in [4.69, 9.17) is 9.47 Å². The molecule has 5 heteroatoms. The first-order valence-electron chi connectivity index (χ1n) is 5.84. The maximum Gasteiger partial charge on any atom is 0.257 e. The topological polar surface area (TPSA) is 67.8 Å². The van der Waals surface area contributed by atoms with Gasteiger partial charge in [0.25, 0.3) is 5.91 Å². The molecule has 0 heterocycles. The van der Waals surface area contributed by atoms with E-state index in [9.17, 15) is 9.90 Å². The zero-order valence-electron chi connectivity index (χ0n) is 10.9. The smallest absolute Gasteiger partial charge is 0.257 e. The molecular formula is C13H19NO4. The first kappa shape index (κ1) is 14.3. The maximum absolute atomic E-state index is 11.3. The summed E-state index contributed by atoms with van der Waals surface area (Å²) < 4.78 is 10.5. The SMILES string of the molecule is CCNC(=O)COc1cc(OC)ccc1[C@H](C)O. The van der Waals surface area contributed by atoms with E-state index < -0.39 is 6.10 Å². The van der Waals surface area contributed by atoms with Crippen LogP contribution in [0.4, 0.5) is 0 Å². The minimum absolute atomic E-state index is 0.0826. The molecule has 1 aromatic carbocycles. The Kier molecular flexibility index (Phi) is 5.45. The van der Waals surface area contributed by atoms with Gasteiger partial charge in [-0.05, 0) is 26.0 Å². The average Bonchev–Trinajstić information content (AvgIpc) is 2.36. The Bertz CT molecular complexity index is 404. The molecule has 1 rings (SSSR count). The zero-order chi connectivity index (χ0) is 13.5. The lowest BCUT2D eigenvalue weighted by Gasteiger charge is -2.14. The number of rotatable bonds is 6. The van der Waals surface area contributed by atoms with Crippen LogP contribution < -0.4 is 14.8 Å². The summed E-state index contributed by atoms with van der Waals surface area (Å²) in [5, 5.41) is 12.3. The van der Waals surface area contributed by atoms with Gasteiger partial charge in [-0.25, -0.2) is 0 Å². The van der Waals surface area contributed by atoms with Crippen LogP contribution in [0.1, 0.15) is 25.5 Å². The quantitative estimate of drug-likeness (QED) is 0.801. The average molecular weight is 253 g/mol. The molecule has 0 spiro atoms. The van der Waals surface area contributed by atoms with Crippen molar-refractivity contribution in [3.63, 3.8) is 0 Å². The van der Waals surface area contributed by atoms with E-state index in [1.165, 1.54) is 0 Å². The van der Waals surface area contributed by atoms with E-state index in [-0.39, 0.29) is 12.5 Å². The van der Waals surface area contributed by atoms with E-state index in [2.05, 4.69) is 5.32 Å². The van der Waals surface area contributed by atoms with Crippen LogP contribution in [-0.4, -0.2) is 31.3 Å². The van der Waals surface area contributed by atoms with Crippen LogP contribution in [-0.2, 0) is 4.79 Å². The summed E-state index contributed by atoms with van der Waals surface area (Å²) in [7, 11) is 1.55. The molecule has 5 nitrogen and oxygen atoms in total. The molecule has 0 saturated carbocycles. The summed E-state index contributed by atoms with van der Waals surface area (Å²) in [4.78, 5) is 11.3. The third kappa shape index (κ3) is 3.92. The highest BCUT2D eigenvalue weighted by molar-refractivity contribution is 5.77. The molecule has 0 radical (unpaired) electrons. The van der Waals surface area contributed by atoms with E-state index in [0.29, 0.717) is 23.6 Å². The lowest BCUT2D eigenvalue weighted by atomic mass is 10.1. The van der Waals surface area contributed by atoms with Gasteiger partial charge in [0, 0.05) is 18.2 Å². The molecular weight excluding hydrogens is 234 g/mol. The molecule has 0 fully saturated rings. The summed E-state index contributed by atoms with van der Waals surface area (Å²) in [6, 6.07) is 5.11. The number of amides is 1. The fourth-order valence-corrected chi connectivity index (χ4v) is 1.50. The molecule has 0 aliphatic carbocycles. The molecule has 18 heavy (non-hydrogen) atoms. The second-order valence-electron chi connectivity index (χ2n) is 3.82. The Morgan fingerprint density at radius 1 is 1.50 bits per heavy atom. The highest BCUT2D eigenvalue weighted by Crippen LogP contribution is 2.29. The standard InChI is InChI=1S/C13H19NO4/c1-4-14-13(16)8-18-12-7-10(17-3)5-6-11(12)9(2)15/h5-7,9,15H,4,8H2,1-3H3,(H,14,16)/t9-/m0/s1. The van der Waals surface area contributed by atoms with Gasteiger partial charge in [0.05, 0.1) is 13.2 Å². The number of nitrogens with one attached hydrogen (secondary N) is 1. The van der Waals surface area contributed by atoms with E-state index in [0.717, 1.165) is 0 Å². The maximum atomic E-state index is 11.3. The number of likely N-dealkylation sites (N-methyl/N-ethyl adjacent to an activating group) is 1. The van der Waals surface area contributed by atoms with Crippen LogP contribution in [0.5, 0.6) is 11.5 Å². The number of benzene rings is 1. The van der Waals surface area contributed by atoms with Crippen molar-refractivity contribution in [2.24, 2.45) is 0 Å². The Balaban J connectivity index is 2.80. The number of ether oxygens (including phenoxy) is 2. The second kappa shape index (κ2) is 6.86. The van der Waals surface area contributed by atoms with E-state index >= 15 is 0 Å². The Morgan fingerprint density at radius 2 is 2.22 bits per heavy atom. The largest absolute Gasteiger partial charge is 0.497 e. The van der Waals surface area contributed by atoms with Crippen molar-refractivity contribution in [2.45, 2.75) is 20.0 Å². The van der Waals surface area contributed by atoms with Crippen molar-refractivity contribution in [3.8, 4) is 11.5 Å². The first-order valence-corrected chi connectivity index (χ1v) is 5.84. The van der Waals surface area contributed by atoms with Gasteiger partial charge >= 0.3 is 0 Å². The van der Waals surface area contributed by atoms with Crippen molar-refractivity contribution in [1.29, 1.82) is 0 Å². The molecule has 0 saturated heterocycles. The van der Waals surface area contributed by atoms with Gasteiger partial charge in [-0.3, -0.25) is 4.79 Å². The number of methoxy groups -OCH3 is 1. The van der Waals surface area contributed by atoms with Crippen molar-refractivity contribution >= 4 is 5.91 Å². The molecule has 0 aliphatic rings. The monoisotopic (exact) mass is 253 g/mol. The predicted octanol–water partition coefficient (Wildman–Crippen LogP) is 1.26. The lowest BCUT2D eigenvalue weighted by Crippen LogP contribution is -2.28. The molecule has 2 N–H and O–H groups in total. The molecule has 1 atom stereocenters. The lowest BCUT2D eigenvalue weighted by molar-refractivity contribution is -0.123. The number of carbonyl (C=O) groups is 1. The Labute approximate surface area is 107 Å². The molecule has 100 valence electrons. The van der Waals surface area contributed by atoms with Gasteiger partial charge in [0.2, 0.25) is 0 Å². The summed E-state index contributed by atoms with van der Waals surface area (Å²) in [6.07, 6.45) is -0.667. The third-order valence-electron chi connectivity index (χ3n) is 2.40. The van der Waals surface area contributed by atoms with Crippen LogP contribution in [0.3, 0.4) is 0 Å². The minimum Gasteiger partial charge on any atom is -0.497 e. The van der Waals surface area contributed by atoms with Crippen LogP contribution in [0.2, 0.25) is 0 Å². The summed E-state index contributed by atoms with van der Waals surface area (Å²) in [5.74, 6) is 0.873. The third-order valence-corrected chi connectivity index (χ3v) is 2.40. The van der Waals surface area contributed by atoms with E-state index in [1.54, 1.807) is 32.2 Å². The highest BCUT2D eigenvalue weighted by atomic mass is 16.5. The number of hydrogen-bond acceptors (Lipinski definition) is 4. The van der Waals surface area contributed by atoms with Gasteiger partial charge in [-0.2, -0.15) is 0 Å². The van der Waals surface area contributed by atoms with Crippen molar-refractivity contribution in [1.82, 2.24) is 5.32 Å². The highest BCUT2D eigenvalue weighted by Gasteiger charge is 2.12. The normalized spacial score (nSPS) is 11.8. The first-order chi connectivity index (χ1) is 8.58. The summed E-state index contributed by atoms with van der Waals surface area (Å²) >= 11 is 0. The number of hydrogen-bond donors (Lipinski definition) is 2. The van der Waals surface area contributed by atoms with Crippen molar-refractivity contribution in [2.75, 3.05) is 20.3 Å². The predicted molar refractivity (Wildman–Crippen MR) is 67.8 cm³/mol. The molecule has 1 amide bonds. The summed E-state index contributed by atoms with van der Waals surface area (Å²) in [5.41, 5.74) is 0.625. The Morgan fingerprint density at radius 3 is 2.78 bits per heavy atom. The fraction of sp³-hybridized carbons (Fsp3) is 0.462.